The van der Waals surface area contributed by atoms with Crippen molar-refractivity contribution >= 4 is 10.9 Å². The van der Waals surface area contributed by atoms with Crippen LogP contribution in [0.1, 0.15) is 36.5 Å². The Morgan fingerprint density at radius 3 is 2.29 bits per heavy atom. The Hall–Kier alpha value is -2.15. The number of aromatic nitrogens is 1. The average molecular weight is 275 g/mol. The minimum absolute atomic E-state index is 0.514. The lowest BCUT2D eigenvalue weighted by Gasteiger charge is -2.11. The van der Waals surface area contributed by atoms with Crippen LogP contribution in [0.2, 0.25) is 0 Å². The average Bonchev–Trinajstić information content (AvgIpc) is 2.46. The maximum absolute atomic E-state index is 4.65. The highest BCUT2D eigenvalue weighted by Crippen LogP contribution is 2.30. The fraction of sp³-hybridized carbons (Fsp3) is 0.250. The third kappa shape index (κ3) is 2.56. The number of hydrogen-bond donors (Lipinski definition) is 0. The lowest BCUT2D eigenvalue weighted by molar-refractivity contribution is 0.862. The van der Waals surface area contributed by atoms with E-state index in [2.05, 4.69) is 75.1 Å². The minimum atomic E-state index is 0.514. The lowest BCUT2D eigenvalue weighted by Crippen LogP contribution is -1.91. The van der Waals surface area contributed by atoms with Gasteiger partial charge < -0.3 is 0 Å². The molecule has 0 amide bonds. The van der Waals surface area contributed by atoms with Crippen LogP contribution in [0.25, 0.3) is 22.0 Å². The molecule has 0 fully saturated rings. The number of hydrogen-bond acceptors (Lipinski definition) is 1. The predicted octanol–water partition coefficient (Wildman–Crippen LogP) is 5.64. The molecule has 3 rings (SSSR count). The van der Waals surface area contributed by atoms with E-state index in [0.29, 0.717) is 5.92 Å². The molecule has 3 aromatic rings. The number of fused-ring (bicyclic) bond motifs is 1. The highest BCUT2D eigenvalue weighted by Gasteiger charge is 2.07. The smallest absolute Gasteiger partial charge is 0.0708 e. The summed E-state index contributed by atoms with van der Waals surface area (Å²) in [6.45, 7) is 8.74. The van der Waals surface area contributed by atoms with Crippen LogP contribution in [-0.2, 0) is 0 Å². The summed E-state index contributed by atoms with van der Waals surface area (Å²) >= 11 is 0. The van der Waals surface area contributed by atoms with Crippen molar-refractivity contribution < 1.29 is 0 Å². The Balaban J connectivity index is 2.16. The molecule has 2 aromatic carbocycles. The van der Waals surface area contributed by atoms with Gasteiger partial charge in [-0.1, -0.05) is 44.2 Å². The molecule has 106 valence electrons. The molecule has 0 unspecified atom stereocenters. The van der Waals surface area contributed by atoms with E-state index in [1.807, 2.05) is 6.20 Å². The van der Waals surface area contributed by atoms with Crippen LogP contribution in [0.5, 0.6) is 0 Å². The zero-order chi connectivity index (χ0) is 15.0. The lowest BCUT2D eigenvalue weighted by atomic mass is 9.94. The Morgan fingerprint density at radius 1 is 0.905 bits per heavy atom. The minimum Gasteiger partial charge on any atom is -0.256 e. The first kappa shape index (κ1) is 13.8. The fourth-order valence-corrected chi connectivity index (χ4v) is 2.88. The van der Waals surface area contributed by atoms with E-state index in [1.54, 1.807) is 0 Å². The molecular weight excluding hydrogens is 254 g/mol. The molecule has 1 heteroatoms. The van der Waals surface area contributed by atoms with Crippen molar-refractivity contribution in [2.45, 2.75) is 33.6 Å². The zero-order valence-corrected chi connectivity index (χ0v) is 13.1. The van der Waals surface area contributed by atoms with Crippen LogP contribution in [0.3, 0.4) is 0 Å². The molecular formula is C20H21N. The van der Waals surface area contributed by atoms with E-state index in [0.717, 1.165) is 5.52 Å². The van der Waals surface area contributed by atoms with E-state index in [4.69, 9.17) is 0 Å². The molecule has 1 aromatic heterocycles. The van der Waals surface area contributed by atoms with Gasteiger partial charge in [0.1, 0.15) is 0 Å². The second kappa shape index (κ2) is 5.33. The van der Waals surface area contributed by atoms with Gasteiger partial charge in [0.25, 0.3) is 0 Å². The Kier molecular flexibility index (Phi) is 3.50. The van der Waals surface area contributed by atoms with Gasteiger partial charge in [0.2, 0.25) is 0 Å². The van der Waals surface area contributed by atoms with Crippen LogP contribution >= 0.6 is 0 Å². The SMILES string of the molecule is Cc1cccc(C)c1-c1ccc2cc(C(C)C)cnc2c1. The van der Waals surface area contributed by atoms with Crippen molar-refractivity contribution in [2.24, 2.45) is 0 Å². The summed E-state index contributed by atoms with van der Waals surface area (Å²) in [6, 6.07) is 15.3. The standard InChI is InChI=1S/C20H21N/c1-13(2)18-10-16-8-9-17(11-19(16)21-12-18)20-14(3)6-5-7-15(20)4/h5-13H,1-4H3. The molecule has 21 heavy (non-hydrogen) atoms. The van der Waals surface area contributed by atoms with Crippen molar-refractivity contribution in [1.82, 2.24) is 4.98 Å². The second-order valence-electron chi connectivity index (χ2n) is 6.10. The van der Waals surface area contributed by atoms with Gasteiger partial charge in [-0.2, -0.15) is 0 Å². The Bertz CT molecular complexity index is 780. The van der Waals surface area contributed by atoms with Gasteiger partial charge in [-0.05, 0) is 59.7 Å². The summed E-state index contributed by atoms with van der Waals surface area (Å²) in [5.41, 5.74) is 7.57. The van der Waals surface area contributed by atoms with Gasteiger partial charge in [0, 0.05) is 11.6 Å². The van der Waals surface area contributed by atoms with E-state index in [1.165, 1.54) is 33.2 Å². The Labute approximate surface area is 126 Å². The van der Waals surface area contributed by atoms with Crippen molar-refractivity contribution in [2.75, 3.05) is 0 Å². The van der Waals surface area contributed by atoms with Gasteiger partial charge in [0.15, 0.2) is 0 Å². The van der Waals surface area contributed by atoms with Gasteiger partial charge in [-0.3, -0.25) is 4.98 Å². The van der Waals surface area contributed by atoms with Crippen molar-refractivity contribution in [3.05, 3.63) is 65.4 Å². The highest BCUT2D eigenvalue weighted by molar-refractivity contribution is 5.86. The molecule has 0 aliphatic carbocycles. The summed E-state index contributed by atoms with van der Waals surface area (Å²) in [4.78, 5) is 4.65. The van der Waals surface area contributed by atoms with Crippen molar-refractivity contribution in [3.63, 3.8) is 0 Å². The number of nitrogens with zero attached hydrogens (tertiary/aromatic N) is 1. The van der Waals surface area contributed by atoms with E-state index >= 15 is 0 Å². The van der Waals surface area contributed by atoms with Crippen molar-refractivity contribution in [3.8, 4) is 11.1 Å². The first-order chi connectivity index (χ1) is 10.1. The maximum Gasteiger partial charge on any atom is 0.0708 e. The van der Waals surface area contributed by atoms with Crippen LogP contribution in [0, 0.1) is 13.8 Å². The number of aryl methyl sites for hydroxylation is 2. The van der Waals surface area contributed by atoms with Gasteiger partial charge in [0.05, 0.1) is 5.52 Å². The van der Waals surface area contributed by atoms with Crippen LogP contribution in [-0.4, -0.2) is 4.98 Å². The third-order valence-electron chi connectivity index (χ3n) is 4.14. The van der Waals surface area contributed by atoms with Crippen LogP contribution < -0.4 is 0 Å². The van der Waals surface area contributed by atoms with Crippen LogP contribution in [0.15, 0.2) is 48.7 Å². The number of pyridine rings is 1. The molecule has 0 aliphatic heterocycles. The third-order valence-corrected chi connectivity index (χ3v) is 4.14. The van der Waals surface area contributed by atoms with Crippen LogP contribution in [0.4, 0.5) is 0 Å². The normalized spacial score (nSPS) is 11.3. The predicted molar refractivity (Wildman–Crippen MR) is 90.7 cm³/mol. The molecule has 0 atom stereocenters. The molecule has 0 saturated carbocycles. The molecule has 0 N–H and O–H groups in total. The molecule has 0 spiro atoms. The second-order valence-corrected chi connectivity index (χ2v) is 6.10. The van der Waals surface area contributed by atoms with E-state index in [9.17, 15) is 0 Å². The van der Waals surface area contributed by atoms with Gasteiger partial charge in [-0.25, -0.2) is 0 Å². The zero-order valence-electron chi connectivity index (χ0n) is 13.1. The fourth-order valence-electron chi connectivity index (χ4n) is 2.88. The highest BCUT2D eigenvalue weighted by atomic mass is 14.6. The molecule has 1 nitrogen and oxygen atoms in total. The largest absolute Gasteiger partial charge is 0.256 e. The summed E-state index contributed by atoms with van der Waals surface area (Å²) in [6.07, 6.45) is 2.00. The van der Waals surface area contributed by atoms with Gasteiger partial charge >= 0.3 is 0 Å². The molecule has 0 aliphatic rings. The molecule has 0 saturated heterocycles. The molecule has 0 bridgehead atoms. The summed E-state index contributed by atoms with van der Waals surface area (Å²) < 4.78 is 0. The monoisotopic (exact) mass is 275 g/mol. The topological polar surface area (TPSA) is 12.9 Å². The number of rotatable bonds is 2. The summed E-state index contributed by atoms with van der Waals surface area (Å²) in [7, 11) is 0. The summed E-state index contributed by atoms with van der Waals surface area (Å²) in [5.74, 6) is 0.514. The maximum atomic E-state index is 4.65. The quantitative estimate of drug-likeness (QED) is 0.589. The van der Waals surface area contributed by atoms with E-state index < -0.39 is 0 Å². The number of benzene rings is 2. The first-order valence-corrected chi connectivity index (χ1v) is 7.52. The summed E-state index contributed by atoms with van der Waals surface area (Å²) in [5, 5.41) is 1.22. The van der Waals surface area contributed by atoms with E-state index in [-0.39, 0.29) is 0 Å². The molecule has 0 radical (unpaired) electrons. The molecule has 1 heterocycles. The first-order valence-electron chi connectivity index (χ1n) is 7.52. The van der Waals surface area contributed by atoms with Gasteiger partial charge in [-0.15, -0.1) is 0 Å². The Morgan fingerprint density at radius 2 is 1.62 bits per heavy atom. The van der Waals surface area contributed by atoms with Crippen molar-refractivity contribution in [1.29, 1.82) is 0 Å².